The second kappa shape index (κ2) is 4.40. The Morgan fingerprint density at radius 2 is 2.31 bits per heavy atom. The normalized spacial score (nSPS) is 12.6. The number of rotatable bonds is 3. The van der Waals surface area contributed by atoms with E-state index in [-0.39, 0.29) is 5.75 Å². The average Bonchev–Trinajstić information content (AvgIpc) is 2.64. The maximum atomic E-state index is 11.9. The maximum Gasteiger partial charge on any atom is 0.187 e. The van der Waals surface area contributed by atoms with E-state index < -0.39 is 10.8 Å². The van der Waals surface area contributed by atoms with Gasteiger partial charge in [0.1, 0.15) is 0 Å². The molecule has 1 atom stereocenters. The van der Waals surface area contributed by atoms with Crippen LogP contribution < -0.4 is 5.73 Å². The highest BCUT2D eigenvalue weighted by Gasteiger charge is 2.09. The Bertz CT molecular complexity index is 524. The molecule has 1 aromatic heterocycles. The molecule has 0 aliphatic rings. The van der Waals surface area contributed by atoms with Crippen LogP contribution in [0.1, 0.15) is 5.82 Å². The smallest absolute Gasteiger partial charge is 0.187 e. The van der Waals surface area contributed by atoms with Gasteiger partial charge in [-0.05, 0) is 23.4 Å². The number of nitrogens with two attached hydrogens (primary N) is 1. The van der Waals surface area contributed by atoms with Gasteiger partial charge in [-0.25, -0.2) is 0 Å². The molecule has 2 N–H and O–H groups in total. The Labute approximate surface area is 94.9 Å². The molecule has 6 nitrogen and oxygen atoms in total. The Hall–Kier alpha value is -1.76. The molecule has 0 saturated carbocycles. The van der Waals surface area contributed by atoms with Crippen LogP contribution >= 0.6 is 0 Å². The summed E-state index contributed by atoms with van der Waals surface area (Å²) in [5, 5.41) is 11.4. The highest BCUT2D eigenvalue weighted by atomic mass is 32.2. The fourth-order valence-corrected chi connectivity index (χ4v) is 2.25. The minimum absolute atomic E-state index is 0.247. The van der Waals surface area contributed by atoms with Gasteiger partial charge >= 0.3 is 0 Å². The first kappa shape index (κ1) is 10.7. The summed E-state index contributed by atoms with van der Waals surface area (Å²) in [6.07, 6.45) is 0. The summed E-state index contributed by atoms with van der Waals surface area (Å²) in [6, 6.07) is 6.98. The van der Waals surface area contributed by atoms with Crippen LogP contribution in [0.4, 0.5) is 5.69 Å². The van der Waals surface area contributed by atoms with Gasteiger partial charge in [-0.3, -0.25) is 4.21 Å². The van der Waals surface area contributed by atoms with E-state index in [2.05, 4.69) is 15.4 Å². The van der Waals surface area contributed by atoms with Crippen molar-refractivity contribution in [2.45, 2.75) is 10.6 Å². The number of hydrogen-bond acceptors (Lipinski definition) is 5. The van der Waals surface area contributed by atoms with Gasteiger partial charge in [-0.1, -0.05) is 6.07 Å². The first-order valence-corrected chi connectivity index (χ1v) is 5.94. The van der Waals surface area contributed by atoms with Crippen LogP contribution in [0.2, 0.25) is 0 Å². The van der Waals surface area contributed by atoms with Crippen molar-refractivity contribution in [1.29, 1.82) is 0 Å². The SMILES string of the molecule is Cn1nnc(CS(=O)c2cccc(N)c2)n1. The van der Waals surface area contributed by atoms with Gasteiger partial charge in [-0.2, -0.15) is 4.80 Å². The molecule has 0 radical (unpaired) electrons. The van der Waals surface area contributed by atoms with E-state index >= 15 is 0 Å². The zero-order valence-corrected chi connectivity index (χ0v) is 9.52. The maximum absolute atomic E-state index is 11.9. The predicted molar refractivity (Wildman–Crippen MR) is 59.8 cm³/mol. The molecule has 16 heavy (non-hydrogen) atoms. The molecule has 1 heterocycles. The van der Waals surface area contributed by atoms with E-state index in [4.69, 9.17) is 5.73 Å². The van der Waals surface area contributed by atoms with Gasteiger partial charge < -0.3 is 5.73 Å². The number of tetrazole rings is 1. The van der Waals surface area contributed by atoms with E-state index in [1.165, 1.54) is 4.80 Å². The zero-order valence-electron chi connectivity index (χ0n) is 8.70. The van der Waals surface area contributed by atoms with E-state index in [1.807, 2.05) is 0 Å². The van der Waals surface area contributed by atoms with Crippen molar-refractivity contribution in [3.8, 4) is 0 Å². The fraction of sp³-hybridized carbons (Fsp3) is 0.222. The Kier molecular flexibility index (Phi) is 2.95. The van der Waals surface area contributed by atoms with Gasteiger partial charge in [0, 0.05) is 10.6 Å². The minimum Gasteiger partial charge on any atom is -0.399 e. The monoisotopic (exact) mass is 237 g/mol. The van der Waals surface area contributed by atoms with Crippen molar-refractivity contribution in [3.05, 3.63) is 30.1 Å². The van der Waals surface area contributed by atoms with Crippen molar-refractivity contribution in [3.63, 3.8) is 0 Å². The summed E-state index contributed by atoms with van der Waals surface area (Å²) in [6.45, 7) is 0. The van der Waals surface area contributed by atoms with Gasteiger partial charge in [-0.15, -0.1) is 10.2 Å². The molecule has 7 heteroatoms. The fourth-order valence-electron chi connectivity index (χ4n) is 1.24. The largest absolute Gasteiger partial charge is 0.399 e. The summed E-state index contributed by atoms with van der Waals surface area (Å²) in [4.78, 5) is 2.01. The first-order chi connectivity index (χ1) is 7.65. The summed E-state index contributed by atoms with van der Waals surface area (Å²) in [5.41, 5.74) is 6.21. The third kappa shape index (κ3) is 2.43. The molecule has 0 aliphatic heterocycles. The highest BCUT2D eigenvalue weighted by Crippen LogP contribution is 2.13. The molecule has 2 aromatic rings. The molecular weight excluding hydrogens is 226 g/mol. The van der Waals surface area contributed by atoms with Crippen LogP contribution in [0.25, 0.3) is 0 Å². The van der Waals surface area contributed by atoms with Crippen molar-refractivity contribution in [2.24, 2.45) is 7.05 Å². The van der Waals surface area contributed by atoms with E-state index in [0.717, 1.165) is 0 Å². The quantitative estimate of drug-likeness (QED) is 0.765. The van der Waals surface area contributed by atoms with Crippen LogP contribution in [0.3, 0.4) is 0 Å². The average molecular weight is 237 g/mol. The standard InChI is InChI=1S/C9H11N5OS/c1-14-12-9(11-13-14)6-16(15)8-4-2-3-7(10)5-8/h2-5H,6,10H2,1H3. The molecule has 2 rings (SSSR count). The molecule has 0 aliphatic carbocycles. The first-order valence-electron chi connectivity index (χ1n) is 4.62. The van der Waals surface area contributed by atoms with Gasteiger partial charge in [0.05, 0.1) is 23.6 Å². The number of aromatic nitrogens is 4. The Balaban J connectivity index is 2.14. The number of hydrogen-bond donors (Lipinski definition) is 1. The topological polar surface area (TPSA) is 86.7 Å². The lowest BCUT2D eigenvalue weighted by Crippen LogP contribution is -2.00. The Morgan fingerprint density at radius 3 is 2.94 bits per heavy atom. The second-order valence-electron chi connectivity index (χ2n) is 3.26. The lowest BCUT2D eigenvalue weighted by molar-refractivity contribution is 0.628. The molecule has 1 unspecified atom stereocenters. The molecule has 0 fully saturated rings. The molecule has 0 bridgehead atoms. The Morgan fingerprint density at radius 1 is 1.50 bits per heavy atom. The second-order valence-corrected chi connectivity index (χ2v) is 4.71. The lowest BCUT2D eigenvalue weighted by atomic mass is 10.3. The number of benzene rings is 1. The summed E-state index contributed by atoms with van der Waals surface area (Å²) >= 11 is 0. The number of aryl methyl sites for hydroxylation is 1. The van der Waals surface area contributed by atoms with Crippen LogP contribution in [-0.2, 0) is 23.6 Å². The third-order valence-electron chi connectivity index (χ3n) is 1.93. The van der Waals surface area contributed by atoms with Crippen molar-refractivity contribution < 1.29 is 4.21 Å². The zero-order chi connectivity index (χ0) is 11.5. The number of nitrogens with zero attached hydrogens (tertiary/aromatic N) is 4. The van der Waals surface area contributed by atoms with Gasteiger partial charge in [0.25, 0.3) is 0 Å². The van der Waals surface area contributed by atoms with E-state index in [9.17, 15) is 4.21 Å². The summed E-state index contributed by atoms with van der Waals surface area (Å²) in [7, 11) is 0.477. The van der Waals surface area contributed by atoms with Crippen molar-refractivity contribution in [2.75, 3.05) is 5.73 Å². The molecule has 0 saturated heterocycles. The van der Waals surface area contributed by atoms with Crippen LogP contribution in [0, 0.1) is 0 Å². The number of nitrogen functional groups attached to an aromatic ring is 1. The van der Waals surface area contributed by atoms with Gasteiger partial charge in [0.2, 0.25) is 0 Å². The molecule has 1 aromatic carbocycles. The van der Waals surface area contributed by atoms with E-state index in [0.29, 0.717) is 16.4 Å². The summed E-state index contributed by atoms with van der Waals surface area (Å²) in [5.74, 6) is 0.709. The lowest BCUT2D eigenvalue weighted by Gasteiger charge is -2.00. The van der Waals surface area contributed by atoms with Crippen molar-refractivity contribution in [1.82, 2.24) is 20.2 Å². The minimum atomic E-state index is -1.19. The van der Waals surface area contributed by atoms with Gasteiger partial charge in [0.15, 0.2) is 5.82 Å². The number of anilines is 1. The van der Waals surface area contributed by atoms with Crippen LogP contribution in [0.15, 0.2) is 29.2 Å². The van der Waals surface area contributed by atoms with Crippen LogP contribution in [0.5, 0.6) is 0 Å². The predicted octanol–water partition coefficient (Wildman–Crippen LogP) is 0.100. The highest BCUT2D eigenvalue weighted by molar-refractivity contribution is 7.84. The molecular formula is C9H11N5OS. The van der Waals surface area contributed by atoms with E-state index in [1.54, 1.807) is 31.3 Å². The third-order valence-corrected chi connectivity index (χ3v) is 3.23. The molecule has 0 spiro atoms. The van der Waals surface area contributed by atoms with Crippen molar-refractivity contribution >= 4 is 16.5 Å². The van der Waals surface area contributed by atoms with Crippen LogP contribution in [-0.4, -0.2) is 24.4 Å². The molecule has 0 amide bonds. The molecule has 84 valence electrons. The summed E-state index contributed by atoms with van der Waals surface area (Å²) < 4.78 is 11.9.